The molecular weight excluding hydrogens is 236 g/mol. The first-order valence-electron chi connectivity index (χ1n) is 5.69. The molecule has 1 saturated heterocycles. The van der Waals surface area contributed by atoms with Crippen molar-refractivity contribution >= 4 is 23.0 Å². The van der Waals surface area contributed by atoms with Crippen LogP contribution in [-0.2, 0) is 0 Å². The molecule has 17 heavy (non-hydrogen) atoms. The van der Waals surface area contributed by atoms with Crippen LogP contribution in [0, 0.1) is 5.92 Å². The zero-order valence-corrected chi connectivity index (χ0v) is 10.4. The van der Waals surface area contributed by atoms with Gasteiger partial charge in [-0.15, -0.1) is 0 Å². The largest absolute Gasteiger partial charge is 0.396 e. The van der Waals surface area contributed by atoms with E-state index in [0.29, 0.717) is 11.6 Å². The predicted octanol–water partition coefficient (Wildman–Crippen LogP) is 0.319. The highest BCUT2D eigenvalue weighted by Gasteiger charge is 2.25. The van der Waals surface area contributed by atoms with Crippen LogP contribution in [-0.4, -0.2) is 39.8 Å². The van der Waals surface area contributed by atoms with Crippen LogP contribution in [0.1, 0.15) is 18.5 Å². The van der Waals surface area contributed by atoms with Gasteiger partial charge in [0, 0.05) is 32.1 Å². The number of nitrogens with zero attached hydrogens (tertiary/aromatic N) is 3. The molecule has 3 N–H and O–H groups in total. The molecule has 0 bridgehead atoms. The van der Waals surface area contributed by atoms with Gasteiger partial charge in [-0.05, 0) is 18.8 Å². The standard InChI is InChI=1S/C11H16N4OS/c12-10(17)9-11(14-4-3-13-9)15-5-1-8(7-15)2-6-16/h3-4,8,16H,1-2,5-7H2,(H2,12,17). The highest BCUT2D eigenvalue weighted by atomic mass is 32.1. The zero-order valence-electron chi connectivity index (χ0n) is 9.54. The van der Waals surface area contributed by atoms with E-state index in [9.17, 15) is 0 Å². The molecule has 0 radical (unpaired) electrons. The lowest BCUT2D eigenvalue weighted by Gasteiger charge is -2.19. The molecule has 0 aliphatic carbocycles. The van der Waals surface area contributed by atoms with E-state index in [-0.39, 0.29) is 11.6 Å². The summed E-state index contributed by atoms with van der Waals surface area (Å²) in [6.45, 7) is 2.04. The van der Waals surface area contributed by atoms with Crippen LogP contribution in [0.5, 0.6) is 0 Å². The van der Waals surface area contributed by atoms with E-state index in [2.05, 4.69) is 14.9 Å². The van der Waals surface area contributed by atoms with Gasteiger partial charge in [-0.25, -0.2) is 9.97 Å². The Labute approximate surface area is 106 Å². The molecule has 92 valence electrons. The van der Waals surface area contributed by atoms with Gasteiger partial charge in [0.2, 0.25) is 0 Å². The number of aromatic nitrogens is 2. The fourth-order valence-electron chi connectivity index (χ4n) is 2.18. The number of aliphatic hydroxyl groups is 1. The van der Waals surface area contributed by atoms with Crippen LogP contribution >= 0.6 is 12.2 Å². The lowest BCUT2D eigenvalue weighted by Crippen LogP contribution is -2.26. The van der Waals surface area contributed by atoms with Gasteiger partial charge in [0.15, 0.2) is 5.82 Å². The van der Waals surface area contributed by atoms with E-state index in [1.54, 1.807) is 12.4 Å². The highest BCUT2D eigenvalue weighted by Crippen LogP contribution is 2.25. The lowest BCUT2D eigenvalue weighted by atomic mass is 10.1. The third-order valence-corrected chi connectivity index (χ3v) is 3.23. The summed E-state index contributed by atoms with van der Waals surface area (Å²) in [7, 11) is 0. The van der Waals surface area contributed by atoms with Crippen molar-refractivity contribution in [3.8, 4) is 0 Å². The molecule has 1 aromatic heterocycles. The molecule has 6 heteroatoms. The van der Waals surface area contributed by atoms with Crippen LogP contribution in [0.15, 0.2) is 12.4 Å². The summed E-state index contributed by atoms with van der Waals surface area (Å²) in [5, 5.41) is 8.94. The highest BCUT2D eigenvalue weighted by molar-refractivity contribution is 7.80. The maximum Gasteiger partial charge on any atom is 0.157 e. The Hall–Kier alpha value is -1.27. The molecule has 5 nitrogen and oxygen atoms in total. The van der Waals surface area contributed by atoms with E-state index < -0.39 is 0 Å². The molecule has 0 saturated carbocycles. The summed E-state index contributed by atoms with van der Waals surface area (Å²) in [6, 6.07) is 0. The first-order valence-corrected chi connectivity index (χ1v) is 6.10. The van der Waals surface area contributed by atoms with E-state index in [0.717, 1.165) is 31.7 Å². The molecule has 1 atom stereocenters. The number of hydrogen-bond acceptors (Lipinski definition) is 5. The second-order valence-corrected chi connectivity index (χ2v) is 4.65. The monoisotopic (exact) mass is 252 g/mol. The normalized spacial score (nSPS) is 19.6. The molecule has 1 unspecified atom stereocenters. The molecule has 1 aromatic rings. The number of anilines is 1. The van der Waals surface area contributed by atoms with E-state index in [1.165, 1.54) is 0 Å². The van der Waals surface area contributed by atoms with Crippen LogP contribution < -0.4 is 10.6 Å². The number of rotatable bonds is 4. The molecule has 1 aliphatic rings. The summed E-state index contributed by atoms with van der Waals surface area (Å²) < 4.78 is 0. The van der Waals surface area contributed by atoms with Crippen molar-refractivity contribution in [1.82, 2.24) is 9.97 Å². The number of thiocarbonyl (C=S) groups is 1. The number of nitrogens with two attached hydrogens (primary N) is 1. The third kappa shape index (κ3) is 2.70. The fourth-order valence-corrected chi connectivity index (χ4v) is 2.32. The molecule has 0 spiro atoms. The van der Waals surface area contributed by atoms with Crippen molar-refractivity contribution in [3.63, 3.8) is 0 Å². The Morgan fingerprint density at radius 3 is 3.00 bits per heavy atom. The smallest absolute Gasteiger partial charge is 0.157 e. The van der Waals surface area contributed by atoms with Crippen molar-refractivity contribution in [1.29, 1.82) is 0 Å². The molecule has 2 rings (SSSR count). The Bertz CT molecular complexity index is 412. The molecular formula is C11H16N4OS. The lowest BCUT2D eigenvalue weighted by molar-refractivity contribution is 0.263. The first-order chi connectivity index (χ1) is 8.22. The summed E-state index contributed by atoms with van der Waals surface area (Å²) in [5.74, 6) is 1.28. The van der Waals surface area contributed by atoms with Gasteiger partial charge in [-0.1, -0.05) is 12.2 Å². The Kier molecular flexibility index (Phi) is 3.86. The Balaban J connectivity index is 2.16. The van der Waals surface area contributed by atoms with E-state index in [1.807, 2.05) is 0 Å². The predicted molar refractivity (Wildman–Crippen MR) is 69.9 cm³/mol. The van der Waals surface area contributed by atoms with Gasteiger partial charge in [0.25, 0.3) is 0 Å². The van der Waals surface area contributed by atoms with Crippen LogP contribution in [0.3, 0.4) is 0 Å². The zero-order chi connectivity index (χ0) is 12.3. The summed E-state index contributed by atoms with van der Waals surface area (Å²) in [4.78, 5) is 10.9. The van der Waals surface area contributed by atoms with Crippen molar-refractivity contribution in [2.75, 3.05) is 24.6 Å². The second-order valence-electron chi connectivity index (χ2n) is 4.21. The average Bonchev–Trinajstić information content (AvgIpc) is 2.78. The number of hydrogen-bond donors (Lipinski definition) is 2. The van der Waals surface area contributed by atoms with Crippen molar-refractivity contribution in [2.45, 2.75) is 12.8 Å². The summed E-state index contributed by atoms with van der Waals surface area (Å²) >= 11 is 4.97. The Morgan fingerprint density at radius 2 is 2.29 bits per heavy atom. The maximum absolute atomic E-state index is 8.94. The van der Waals surface area contributed by atoms with Crippen molar-refractivity contribution < 1.29 is 5.11 Å². The van der Waals surface area contributed by atoms with Crippen LogP contribution in [0.25, 0.3) is 0 Å². The van der Waals surface area contributed by atoms with Crippen molar-refractivity contribution in [3.05, 3.63) is 18.1 Å². The minimum absolute atomic E-state index is 0.237. The van der Waals surface area contributed by atoms with Gasteiger partial charge in [0.1, 0.15) is 10.7 Å². The minimum atomic E-state index is 0.237. The van der Waals surface area contributed by atoms with Gasteiger partial charge >= 0.3 is 0 Å². The third-order valence-electron chi connectivity index (χ3n) is 3.04. The maximum atomic E-state index is 8.94. The minimum Gasteiger partial charge on any atom is -0.396 e. The molecule has 0 aromatic carbocycles. The van der Waals surface area contributed by atoms with Gasteiger partial charge in [-0.2, -0.15) is 0 Å². The first kappa shape index (κ1) is 12.2. The SMILES string of the molecule is NC(=S)c1nccnc1N1CCC(CCO)C1. The molecule has 0 amide bonds. The van der Waals surface area contributed by atoms with E-state index in [4.69, 9.17) is 23.1 Å². The van der Waals surface area contributed by atoms with Crippen LogP contribution in [0.4, 0.5) is 5.82 Å². The Morgan fingerprint density at radius 1 is 1.53 bits per heavy atom. The molecule has 1 fully saturated rings. The van der Waals surface area contributed by atoms with Crippen molar-refractivity contribution in [2.24, 2.45) is 11.7 Å². The van der Waals surface area contributed by atoms with Crippen LogP contribution in [0.2, 0.25) is 0 Å². The van der Waals surface area contributed by atoms with E-state index >= 15 is 0 Å². The average molecular weight is 252 g/mol. The summed E-state index contributed by atoms with van der Waals surface area (Å²) in [6.07, 6.45) is 5.14. The van der Waals surface area contributed by atoms with Gasteiger partial charge < -0.3 is 15.7 Å². The summed E-state index contributed by atoms with van der Waals surface area (Å²) in [5.41, 5.74) is 6.23. The molecule has 1 aliphatic heterocycles. The van der Waals surface area contributed by atoms with Gasteiger partial charge in [-0.3, -0.25) is 0 Å². The topological polar surface area (TPSA) is 75.3 Å². The second kappa shape index (κ2) is 5.37. The quantitative estimate of drug-likeness (QED) is 0.752. The fraction of sp³-hybridized carbons (Fsp3) is 0.545. The van der Waals surface area contributed by atoms with Gasteiger partial charge in [0.05, 0.1) is 0 Å². The molecule has 2 heterocycles. The number of aliphatic hydroxyl groups excluding tert-OH is 1.